The van der Waals surface area contributed by atoms with Crippen LogP contribution in [0.25, 0.3) is 0 Å². The maximum atomic E-state index is 11.2. The predicted molar refractivity (Wildman–Crippen MR) is 55.5 cm³/mol. The van der Waals surface area contributed by atoms with Gasteiger partial charge in [0.15, 0.2) is 11.4 Å². The summed E-state index contributed by atoms with van der Waals surface area (Å²) < 4.78 is 0. The fourth-order valence-corrected chi connectivity index (χ4v) is 1.12. The van der Waals surface area contributed by atoms with Crippen LogP contribution >= 0.6 is 0 Å². The van der Waals surface area contributed by atoms with Crippen LogP contribution < -0.4 is 0 Å². The summed E-state index contributed by atoms with van der Waals surface area (Å²) in [6.45, 7) is 0. The molecule has 0 unspecified atom stereocenters. The summed E-state index contributed by atoms with van der Waals surface area (Å²) in [5.41, 5.74) is -2.13. The summed E-state index contributed by atoms with van der Waals surface area (Å²) in [4.78, 5) is 22.3. The molecule has 0 bridgehead atoms. The van der Waals surface area contributed by atoms with Crippen LogP contribution in [-0.4, -0.2) is 45.7 Å². The monoisotopic (exact) mass is 222 g/mol. The number of benzene rings is 1. The van der Waals surface area contributed by atoms with Gasteiger partial charge < -0.3 is 20.1 Å². The predicted octanol–water partition coefficient (Wildman–Crippen LogP) is -1.92. The lowest BCUT2D eigenvalue weighted by molar-refractivity contribution is 0.103. The van der Waals surface area contributed by atoms with Crippen LogP contribution in [0.2, 0.25) is 0 Å². The van der Waals surface area contributed by atoms with E-state index in [0.29, 0.717) is 0 Å². The highest BCUT2D eigenvalue weighted by atomic mass is 16.4. The molecule has 16 heavy (non-hydrogen) atoms. The van der Waals surface area contributed by atoms with Gasteiger partial charge in [-0.25, -0.2) is 0 Å². The lowest BCUT2D eigenvalue weighted by Gasteiger charge is -2.03. The van der Waals surface area contributed by atoms with Gasteiger partial charge in [0, 0.05) is 11.1 Å². The largest absolute Gasteiger partial charge is 0.532 e. The first kappa shape index (κ1) is 12.6. The average molecular weight is 222 g/mol. The van der Waals surface area contributed by atoms with Gasteiger partial charge in [0.1, 0.15) is 0 Å². The minimum absolute atomic E-state index is 0.0958. The Bertz CT molecular complexity index is 381. The van der Waals surface area contributed by atoms with Crippen molar-refractivity contribution < 1.29 is 29.7 Å². The van der Waals surface area contributed by atoms with E-state index in [-0.39, 0.29) is 11.1 Å². The van der Waals surface area contributed by atoms with Crippen molar-refractivity contribution in [3.63, 3.8) is 0 Å². The summed E-state index contributed by atoms with van der Waals surface area (Å²) in [6, 6.07) is 4.94. The number of hydrogen-bond acceptors (Lipinski definition) is 6. The van der Waals surface area contributed by atoms with Crippen LogP contribution in [0.1, 0.15) is 20.7 Å². The Morgan fingerprint density at radius 1 is 0.875 bits per heavy atom. The third kappa shape index (κ3) is 2.77. The fraction of sp³-hybridized carbons (Fsp3) is 0. The quantitative estimate of drug-likeness (QED) is 0.441. The maximum Gasteiger partial charge on any atom is 0.532 e. The first-order valence-corrected chi connectivity index (χ1v) is 4.34. The molecular formula is C8H8B2O6. The van der Waals surface area contributed by atoms with Crippen molar-refractivity contribution in [1.82, 2.24) is 0 Å². The van der Waals surface area contributed by atoms with Crippen molar-refractivity contribution in [3.8, 4) is 0 Å². The van der Waals surface area contributed by atoms with Crippen LogP contribution in [0.4, 0.5) is 0 Å². The van der Waals surface area contributed by atoms with E-state index in [0.717, 1.165) is 6.07 Å². The molecule has 0 aliphatic carbocycles. The van der Waals surface area contributed by atoms with E-state index in [2.05, 4.69) is 0 Å². The molecule has 0 atom stereocenters. The van der Waals surface area contributed by atoms with Gasteiger partial charge in [-0.15, -0.1) is 0 Å². The van der Waals surface area contributed by atoms with Gasteiger partial charge >= 0.3 is 14.2 Å². The molecule has 0 aliphatic rings. The van der Waals surface area contributed by atoms with Crippen LogP contribution in [0.3, 0.4) is 0 Å². The maximum absolute atomic E-state index is 11.2. The van der Waals surface area contributed by atoms with Crippen molar-refractivity contribution in [1.29, 1.82) is 0 Å². The van der Waals surface area contributed by atoms with Crippen molar-refractivity contribution in [2.45, 2.75) is 0 Å². The molecule has 4 N–H and O–H groups in total. The highest BCUT2D eigenvalue weighted by molar-refractivity contribution is 6.82. The van der Waals surface area contributed by atoms with Gasteiger partial charge in [0.05, 0.1) is 0 Å². The minimum atomic E-state index is -2.16. The van der Waals surface area contributed by atoms with E-state index in [1.807, 2.05) is 0 Å². The van der Waals surface area contributed by atoms with Crippen LogP contribution in [-0.2, 0) is 0 Å². The first-order chi connectivity index (χ1) is 7.43. The molecule has 0 heterocycles. The molecule has 1 aromatic carbocycles. The number of carbonyl (C=O) groups excluding carboxylic acids is 2. The van der Waals surface area contributed by atoms with E-state index in [9.17, 15) is 9.59 Å². The third-order valence-corrected chi connectivity index (χ3v) is 1.90. The average Bonchev–Trinajstić information content (AvgIpc) is 2.26. The Hall–Kier alpha value is -1.47. The highest BCUT2D eigenvalue weighted by Crippen LogP contribution is 2.08. The summed E-state index contributed by atoms with van der Waals surface area (Å²) in [5.74, 6) is 0. The van der Waals surface area contributed by atoms with Crippen LogP contribution in [0.5, 0.6) is 0 Å². The highest BCUT2D eigenvalue weighted by Gasteiger charge is 2.25. The Kier molecular flexibility index (Phi) is 3.97. The number of carbonyl (C=O) groups is 2. The van der Waals surface area contributed by atoms with Crippen molar-refractivity contribution >= 4 is 25.6 Å². The Morgan fingerprint density at radius 2 is 1.25 bits per heavy atom. The summed E-state index contributed by atoms with van der Waals surface area (Å²) in [5, 5.41) is 34.5. The van der Waals surface area contributed by atoms with Gasteiger partial charge in [0.25, 0.3) is 0 Å². The van der Waals surface area contributed by atoms with Crippen LogP contribution in [0, 0.1) is 0 Å². The molecule has 1 aromatic rings. The summed E-state index contributed by atoms with van der Waals surface area (Å²) in [6.07, 6.45) is 0. The SMILES string of the molecule is O=C(B(O)O)c1cccc(C(=O)B(O)O)c1. The van der Waals surface area contributed by atoms with Gasteiger partial charge in [-0.1, -0.05) is 18.2 Å². The Balaban J connectivity index is 3.05. The van der Waals surface area contributed by atoms with E-state index >= 15 is 0 Å². The summed E-state index contributed by atoms with van der Waals surface area (Å²) >= 11 is 0. The van der Waals surface area contributed by atoms with Crippen molar-refractivity contribution in [3.05, 3.63) is 35.4 Å². The van der Waals surface area contributed by atoms with E-state index in [1.165, 1.54) is 18.2 Å². The van der Waals surface area contributed by atoms with E-state index in [1.54, 1.807) is 0 Å². The van der Waals surface area contributed by atoms with Crippen molar-refractivity contribution in [2.75, 3.05) is 0 Å². The second kappa shape index (κ2) is 5.04. The number of rotatable bonds is 4. The summed E-state index contributed by atoms with van der Waals surface area (Å²) in [7, 11) is -4.33. The molecule has 0 aliphatic heterocycles. The zero-order valence-corrected chi connectivity index (χ0v) is 8.07. The zero-order valence-electron chi connectivity index (χ0n) is 8.07. The molecule has 8 heteroatoms. The molecule has 0 fully saturated rings. The van der Waals surface area contributed by atoms with E-state index < -0.39 is 25.6 Å². The van der Waals surface area contributed by atoms with Crippen molar-refractivity contribution in [2.24, 2.45) is 0 Å². The molecule has 0 amide bonds. The molecule has 0 spiro atoms. The second-order valence-corrected chi connectivity index (χ2v) is 3.06. The van der Waals surface area contributed by atoms with Crippen LogP contribution in [0.15, 0.2) is 24.3 Å². The molecule has 0 saturated heterocycles. The Morgan fingerprint density at radius 3 is 1.56 bits per heavy atom. The fourth-order valence-electron chi connectivity index (χ4n) is 1.12. The minimum Gasteiger partial charge on any atom is -0.421 e. The molecule has 0 radical (unpaired) electrons. The van der Waals surface area contributed by atoms with Gasteiger partial charge in [-0.05, 0) is 6.07 Å². The molecular weight excluding hydrogens is 214 g/mol. The third-order valence-electron chi connectivity index (χ3n) is 1.90. The van der Waals surface area contributed by atoms with Gasteiger partial charge in [-0.3, -0.25) is 9.59 Å². The molecule has 82 valence electrons. The first-order valence-electron chi connectivity index (χ1n) is 4.34. The lowest BCUT2D eigenvalue weighted by Crippen LogP contribution is -2.27. The van der Waals surface area contributed by atoms with Gasteiger partial charge in [-0.2, -0.15) is 0 Å². The van der Waals surface area contributed by atoms with Gasteiger partial charge in [0.2, 0.25) is 0 Å². The van der Waals surface area contributed by atoms with E-state index in [4.69, 9.17) is 20.1 Å². The molecule has 6 nitrogen and oxygen atoms in total. The standard InChI is InChI=1S/C8H8B2O6/c11-7(9(13)14)5-2-1-3-6(4-5)8(12)10(15)16/h1-4,13-16H. The number of hydrogen-bond donors (Lipinski definition) is 4. The molecule has 1 rings (SSSR count). The second-order valence-electron chi connectivity index (χ2n) is 3.06. The normalized spacial score (nSPS) is 9.75. The Labute approximate surface area is 91.4 Å². The smallest absolute Gasteiger partial charge is 0.421 e. The topological polar surface area (TPSA) is 115 Å². The molecule has 0 saturated carbocycles. The zero-order chi connectivity index (χ0) is 12.3. The lowest BCUT2D eigenvalue weighted by atomic mass is 9.76. The molecule has 0 aromatic heterocycles.